The maximum Gasteiger partial charge on any atom is 0.410 e. The lowest BCUT2D eigenvalue weighted by molar-refractivity contribution is 0.156. The normalized spacial score (nSPS) is 20.0. The van der Waals surface area contributed by atoms with Gasteiger partial charge in [-0.1, -0.05) is 29.8 Å². The number of amides is 1. The molecule has 1 aliphatic rings. The molecule has 4 nitrogen and oxygen atoms in total. The first kappa shape index (κ1) is 11.0. The highest BCUT2D eigenvalue weighted by atomic mass is 16.6. The van der Waals surface area contributed by atoms with Crippen LogP contribution in [0.3, 0.4) is 0 Å². The summed E-state index contributed by atoms with van der Waals surface area (Å²) in [6.45, 7) is 3.45. The molecule has 16 heavy (non-hydrogen) atoms. The third-order valence-electron chi connectivity index (χ3n) is 2.78. The van der Waals surface area contributed by atoms with Gasteiger partial charge in [0, 0.05) is 13.1 Å². The van der Waals surface area contributed by atoms with Crippen molar-refractivity contribution in [2.75, 3.05) is 13.2 Å². The first-order chi connectivity index (χ1) is 7.70. The minimum absolute atomic E-state index is 0.00742. The fourth-order valence-electron chi connectivity index (χ4n) is 1.89. The van der Waals surface area contributed by atoms with Crippen molar-refractivity contribution < 1.29 is 9.53 Å². The largest absolute Gasteiger partial charge is 0.447 e. The van der Waals surface area contributed by atoms with Gasteiger partial charge in [-0.2, -0.15) is 0 Å². The zero-order chi connectivity index (χ0) is 11.5. The molecule has 86 valence electrons. The lowest BCUT2D eigenvalue weighted by atomic mass is 10.1. The molecule has 2 N–H and O–H groups in total. The van der Waals surface area contributed by atoms with Gasteiger partial charge < -0.3 is 10.5 Å². The molecule has 0 radical (unpaired) electrons. The van der Waals surface area contributed by atoms with Crippen LogP contribution in [-0.2, 0) is 11.3 Å². The van der Waals surface area contributed by atoms with Gasteiger partial charge in [-0.25, -0.2) is 4.79 Å². The predicted octanol–water partition coefficient (Wildman–Crippen LogP) is 1.27. The van der Waals surface area contributed by atoms with Gasteiger partial charge >= 0.3 is 6.09 Å². The van der Waals surface area contributed by atoms with E-state index >= 15 is 0 Å². The van der Waals surface area contributed by atoms with Gasteiger partial charge in [-0.15, -0.1) is 0 Å². The van der Waals surface area contributed by atoms with Gasteiger partial charge in [-0.05, 0) is 12.5 Å². The molecule has 1 amide bonds. The minimum atomic E-state index is -0.267. The Morgan fingerprint density at radius 1 is 1.56 bits per heavy atom. The van der Waals surface area contributed by atoms with E-state index in [2.05, 4.69) is 6.07 Å². The quantitative estimate of drug-likeness (QED) is 0.834. The topological polar surface area (TPSA) is 55.6 Å². The van der Waals surface area contributed by atoms with E-state index in [1.165, 1.54) is 5.56 Å². The van der Waals surface area contributed by atoms with Crippen LogP contribution in [0.15, 0.2) is 24.3 Å². The van der Waals surface area contributed by atoms with Crippen molar-refractivity contribution >= 4 is 6.09 Å². The number of hydrogen-bond donors (Lipinski definition) is 1. The number of rotatable bonds is 3. The van der Waals surface area contributed by atoms with Crippen LogP contribution in [0, 0.1) is 6.92 Å². The highest BCUT2D eigenvalue weighted by Gasteiger charge is 2.31. The summed E-state index contributed by atoms with van der Waals surface area (Å²) in [5.41, 5.74) is 7.89. The summed E-state index contributed by atoms with van der Waals surface area (Å²) >= 11 is 0. The Balaban J connectivity index is 2.11. The number of carbonyl (C=O) groups is 1. The van der Waals surface area contributed by atoms with Crippen LogP contribution in [0.2, 0.25) is 0 Å². The molecule has 1 saturated heterocycles. The molecule has 0 aliphatic carbocycles. The zero-order valence-electron chi connectivity index (χ0n) is 9.35. The van der Waals surface area contributed by atoms with Crippen LogP contribution < -0.4 is 5.73 Å². The van der Waals surface area contributed by atoms with Crippen molar-refractivity contribution in [1.29, 1.82) is 0 Å². The molecule has 1 unspecified atom stereocenters. The van der Waals surface area contributed by atoms with Crippen LogP contribution in [0.5, 0.6) is 0 Å². The van der Waals surface area contributed by atoms with Crippen molar-refractivity contribution in [2.24, 2.45) is 5.73 Å². The van der Waals surface area contributed by atoms with E-state index in [0.29, 0.717) is 19.7 Å². The smallest absolute Gasteiger partial charge is 0.410 e. The van der Waals surface area contributed by atoms with Gasteiger partial charge in [0.2, 0.25) is 0 Å². The average Bonchev–Trinajstić information content (AvgIpc) is 2.60. The number of aryl methyl sites for hydroxylation is 1. The minimum Gasteiger partial charge on any atom is -0.447 e. The first-order valence-electron chi connectivity index (χ1n) is 5.39. The molecule has 1 atom stereocenters. The maximum absolute atomic E-state index is 11.5. The lowest BCUT2D eigenvalue weighted by Gasteiger charge is -2.20. The summed E-state index contributed by atoms with van der Waals surface area (Å²) < 4.78 is 4.98. The molecule has 0 saturated carbocycles. The second-order valence-corrected chi connectivity index (χ2v) is 4.08. The Bertz CT molecular complexity index is 392. The van der Waals surface area contributed by atoms with Gasteiger partial charge in [-0.3, -0.25) is 4.90 Å². The molecule has 1 fully saturated rings. The molecule has 2 rings (SSSR count). The third kappa shape index (κ3) is 2.17. The first-order valence-corrected chi connectivity index (χ1v) is 5.39. The van der Waals surface area contributed by atoms with Crippen LogP contribution in [0.4, 0.5) is 4.79 Å². The van der Waals surface area contributed by atoms with Crippen molar-refractivity contribution in [3.63, 3.8) is 0 Å². The van der Waals surface area contributed by atoms with E-state index in [0.717, 1.165) is 5.56 Å². The third-order valence-corrected chi connectivity index (χ3v) is 2.78. The molecular weight excluding hydrogens is 204 g/mol. The molecule has 1 heterocycles. The van der Waals surface area contributed by atoms with Crippen LogP contribution in [0.25, 0.3) is 0 Å². The fraction of sp³-hybridized carbons (Fsp3) is 0.417. The second kappa shape index (κ2) is 4.53. The van der Waals surface area contributed by atoms with Crippen LogP contribution in [-0.4, -0.2) is 30.2 Å². The van der Waals surface area contributed by atoms with E-state index in [9.17, 15) is 4.79 Å². The Kier molecular flexibility index (Phi) is 3.10. The fourth-order valence-corrected chi connectivity index (χ4v) is 1.89. The number of benzene rings is 1. The Morgan fingerprint density at radius 2 is 2.38 bits per heavy atom. The molecule has 1 aromatic rings. The Morgan fingerprint density at radius 3 is 3.06 bits per heavy atom. The van der Waals surface area contributed by atoms with E-state index in [4.69, 9.17) is 10.5 Å². The summed E-state index contributed by atoms with van der Waals surface area (Å²) in [6.07, 6.45) is -0.267. The summed E-state index contributed by atoms with van der Waals surface area (Å²) in [5.74, 6) is 0. The number of hydrogen-bond acceptors (Lipinski definition) is 3. The van der Waals surface area contributed by atoms with Crippen molar-refractivity contribution in [1.82, 2.24) is 4.90 Å². The number of nitrogens with zero attached hydrogens (tertiary/aromatic N) is 1. The van der Waals surface area contributed by atoms with Crippen LogP contribution >= 0.6 is 0 Å². The van der Waals surface area contributed by atoms with E-state index in [1.54, 1.807) is 4.90 Å². The maximum atomic E-state index is 11.5. The predicted molar refractivity (Wildman–Crippen MR) is 60.9 cm³/mol. The second-order valence-electron chi connectivity index (χ2n) is 4.08. The molecule has 4 heteroatoms. The number of ether oxygens (including phenoxy) is 1. The summed E-state index contributed by atoms with van der Waals surface area (Å²) in [5, 5.41) is 0. The molecule has 1 aliphatic heterocycles. The molecule has 1 aromatic carbocycles. The van der Waals surface area contributed by atoms with E-state index in [-0.39, 0.29) is 12.1 Å². The number of nitrogens with two attached hydrogens (primary N) is 1. The van der Waals surface area contributed by atoms with Gasteiger partial charge in [0.05, 0.1) is 6.04 Å². The summed E-state index contributed by atoms with van der Waals surface area (Å²) in [7, 11) is 0. The van der Waals surface area contributed by atoms with Crippen molar-refractivity contribution in [3.8, 4) is 0 Å². The molecule has 0 bridgehead atoms. The SMILES string of the molecule is Cc1cccc(CN2C(=O)OCC2CN)c1. The molecule has 0 aromatic heterocycles. The van der Waals surface area contributed by atoms with Crippen molar-refractivity contribution in [2.45, 2.75) is 19.5 Å². The van der Waals surface area contributed by atoms with E-state index in [1.807, 2.05) is 25.1 Å². The number of cyclic esters (lactones) is 1. The monoisotopic (exact) mass is 220 g/mol. The van der Waals surface area contributed by atoms with Gasteiger partial charge in [0.15, 0.2) is 0 Å². The van der Waals surface area contributed by atoms with E-state index < -0.39 is 0 Å². The standard InChI is InChI=1S/C12H16N2O2/c1-9-3-2-4-10(5-9)7-14-11(6-13)8-16-12(14)15/h2-5,11H,6-8,13H2,1H3. The highest BCUT2D eigenvalue weighted by molar-refractivity contribution is 5.70. The highest BCUT2D eigenvalue weighted by Crippen LogP contribution is 2.16. The molecule has 0 spiro atoms. The van der Waals surface area contributed by atoms with Crippen LogP contribution in [0.1, 0.15) is 11.1 Å². The molecular formula is C12H16N2O2. The Labute approximate surface area is 95.0 Å². The summed E-state index contributed by atoms with van der Waals surface area (Å²) in [4.78, 5) is 13.2. The Hall–Kier alpha value is -1.55. The van der Waals surface area contributed by atoms with Gasteiger partial charge in [0.1, 0.15) is 6.61 Å². The average molecular weight is 220 g/mol. The lowest BCUT2D eigenvalue weighted by Crippen LogP contribution is -2.38. The number of carbonyl (C=O) groups excluding carboxylic acids is 1. The van der Waals surface area contributed by atoms with Gasteiger partial charge in [0.25, 0.3) is 0 Å². The summed E-state index contributed by atoms with van der Waals surface area (Å²) in [6, 6.07) is 8.11. The van der Waals surface area contributed by atoms with Crippen molar-refractivity contribution in [3.05, 3.63) is 35.4 Å². The zero-order valence-corrected chi connectivity index (χ0v) is 9.35.